The van der Waals surface area contributed by atoms with Crippen molar-refractivity contribution in [2.24, 2.45) is 0 Å². The maximum Gasteiger partial charge on any atom is 0.260 e. The fourth-order valence-electron chi connectivity index (χ4n) is 1.67. The van der Waals surface area contributed by atoms with E-state index in [2.05, 4.69) is 35.1 Å². The van der Waals surface area contributed by atoms with Crippen LogP contribution in [0.5, 0.6) is 5.75 Å². The van der Waals surface area contributed by atoms with Gasteiger partial charge in [-0.3, -0.25) is 4.79 Å². The number of likely N-dealkylation sites (N-methyl/N-ethyl adjacent to an activating group) is 1. The van der Waals surface area contributed by atoms with Crippen LogP contribution in [0.25, 0.3) is 0 Å². The molecule has 1 aromatic carbocycles. The van der Waals surface area contributed by atoms with E-state index in [9.17, 15) is 4.79 Å². The topological polar surface area (TPSA) is 41.6 Å². The van der Waals surface area contributed by atoms with Crippen LogP contribution in [0.15, 0.2) is 22.7 Å². The summed E-state index contributed by atoms with van der Waals surface area (Å²) < 4.78 is 6.71. The van der Waals surface area contributed by atoms with Crippen molar-refractivity contribution in [2.75, 3.05) is 13.7 Å². The molecule has 0 unspecified atom stereocenters. The predicted molar refractivity (Wildman–Crippen MR) is 89.5 cm³/mol. The summed E-state index contributed by atoms with van der Waals surface area (Å²) in [4.78, 5) is 13.7. The molecule has 1 amide bonds. The van der Waals surface area contributed by atoms with Crippen molar-refractivity contribution in [1.82, 2.24) is 10.2 Å². The largest absolute Gasteiger partial charge is 0.483 e. The van der Waals surface area contributed by atoms with Gasteiger partial charge in [0.25, 0.3) is 5.91 Å². The van der Waals surface area contributed by atoms with Crippen molar-refractivity contribution in [1.29, 1.82) is 0 Å². The Hall–Kier alpha value is -1.07. The molecule has 0 heterocycles. The highest BCUT2D eigenvalue weighted by atomic mass is 79.9. The third kappa shape index (κ3) is 6.06. The second-order valence-corrected chi connectivity index (χ2v) is 6.59. The number of nitrogens with one attached hydrogen (secondary N) is 1. The molecular formula is C16H25BrN2O2. The molecule has 0 aliphatic heterocycles. The third-order valence-corrected chi connectivity index (χ3v) is 3.74. The molecule has 21 heavy (non-hydrogen) atoms. The van der Waals surface area contributed by atoms with Gasteiger partial charge in [-0.05, 0) is 32.0 Å². The number of carbonyl (C=O) groups is 1. The molecule has 0 aliphatic rings. The van der Waals surface area contributed by atoms with Crippen LogP contribution in [0.3, 0.4) is 0 Å². The Morgan fingerprint density at radius 1 is 1.33 bits per heavy atom. The molecule has 1 N–H and O–H groups in total. The van der Waals surface area contributed by atoms with Crippen LogP contribution >= 0.6 is 15.9 Å². The van der Waals surface area contributed by atoms with E-state index >= 15 is 0 Å². The highest BCUT2D eigenvalue weighted by Gasteiger charge is 2.14. The van der Waals surface area contributed by atoms with Crippen LogP contribution in [-0.2, 0) is 11.3 Å². The summed E-state index contributed by atoms with van der Waals surface area (Å²) in [6.07, 6.45) is 0. The van der Waals surface area contributed by atoms with E-state index in [-0.39, 0.29) is 18.6 Å². The number of hydrogen-bond donors (Lipinski definition) is 1. The van der Waals surface area contributed by atoms with Crippen molar-refractivity contribution in [3.05, 3.63) is 28.2 Å². The Balaban J connectivity index is 2.71. The number of rotatable bonds is 7. The summed E-state index contributed by atoms with van der Waals surface area (Å²) in [7, 11) is 1.79. The number of halogens is 1. The average Bonchev–Trinajstić information content (AvgIpc) is 2.42. The van der Waals surface area contributed by atoms with Gasteiger partial charge in [0.1, 0.15) is 5.75 Å². The van der Waals surface area contributed by atoms with Gasteiger partial charge >= 0.3 is 0 Å². The van der Waals surface area contributed by atoms with Gasteiger partial charge in [-0.2, -0.15) is 0 Å². The molecular weight excluding hydrogens is 332 g/mol. The number of carbonyl (C=O) groups excluding carboxylic acids is 1. The van der Waals surface area contributed by atoms with Crippen LogP contribution in [0.1, 0.15) is 33.3 Å². The Bertz CT molecular complexity index is 475. The SMILES string of the molecule is CC(C)NCc1cc(Br)ccc1OCC(=O)N(C)C(C)C. The first kappa shape index (κ1) is 18.0. The van der Waals surface area contributed by atoms with E-state index in [1.807, 2.05) is 32.0 Å². The zero-order chi connectivity index (χ0) is 16.0. The van der Waals surface area contributed by atoms with E-state index < -0.39 is 0 Å². The van der Waals surface area contributed by atoms with Crippen molar-refractivity contribution in [2.45, 2.75) is 46.3 Å². The molecule has 118 valence electrons. The van der Waals surface area contributed by atoms with Gasteiger partial charge in [0.2, 0.25) is 0 Å². The molecule has 0 saturated heterocycles. The summed E-state index contributed by atoms with van der Waals surface area (Å²) in [5.41, 5.74) is 1.04. The smallest absolute Gasteiger partial charge is 0.260 e. The van der Waals surface area contributed by atoms with Gasteiger partial charge in [0.15, 0.2) is 6.61 Å². The van der Waals surface area contributed by atoms with E-state index in [1.165, 1.54) is 0 Å². The normalized spacial score (nSPS) is 11.0. The Labute approximate surface area is 136 Å². The Morgan fingerprint density at radius 3 is 2.57 bits per heavy atom. The number of hydrogen-bond acceptors (Lipinski definition) is 3. The first-order valence-corrected chi connectivity index (χ1v) is 8.00. The quantitative estimate of drug-likeness (QED) is 0.815. The summed E-state index contributed by atoms with van der Waals surface area (Å²) >= 11 is 3.47. The highest BCUT2D eigenvalue weighted by molar-refractivity contribution is 9.10. The molecule has 0 aromatic heterocycles. The van der Waals surface area contributed by atoms with Crippen LogP contribution in [0.4, 0.5) is 0 Å². The van der Waals surface area contributed by atoms with Crippen LogP contribution in [0.2, 0.25) is 0 Å². The van der Waals surface area contributed by atoms with Crippen LogP contribution in [-0.4, -0.2) is 36.5 Å². The fraction of sp³-hybridized carbons (Fsp3) is 0.562. The monoisotopic (exact) mass is 356 g/mol. The summed E-state index contributed by atoms with van der Waals surface area (Å²) in [6.45, 7) is 8.93. The number of nitrogens with zero attached hydrogens (tertiary/aromatic N) is 1. The van der Waals surface area contributed by atoms with E-state index in [0.717, 1.165) is 15.8 Å². The summed E-state index contributed by atoms with van der Waals surface area (Å²) in [6, 6.07) is 6.40. The van der Waals surface area contributed by atoms with Crippen LogP contribution in [0, 0.1) is 0 Å². The van der Waals surface area contributed by atoms with E-state index in [0.29, 0.717) is 12.6 Å². The van der Waals surface area contributed by atoms with Gasteiger partial charge in [0.05, 0.1) is 0 Å². The van der Waals surface area contributed by atoms with Gasteiger partial charge in [-0.25, -0.2) is 0 Å². The minimum atomic E-state index is -0.0179. The van der Waals surface area contributed by atoms with Crippen molar-refractivity contribution >= 4 is 21.8 Å². The lowest BCUT2D eigenvalue weighted by molar-refractivity contribution is -0.133. The minimum absolute atomic E-state index is 0.0179. The first-order valence-electron chi connectivity index (χ1n) is 7.21. The lowest BCUT2D eigenvalue weighted by Gasteiger charge is -2.22. The molecule has 0 spiro atoms. The van der Waals surface area contributed by atoms with Gasteiger partial charge in [0, 0.05) is 35.7 Å². The first-order chi connectivity index (χ1) is 9.81. The maximum atomic E-state index is 12.0. The van der Waals surface area contributed by atoms with Crippen molar-refractivity contribution in [3.63, 3.8) is 0 Å². The van der Waals surface area contributed by atoms with Crippen molar-refractivity contribution < 1.29 is 9.53 Å². The second kappa shape index (κ2) is 8.39. The summed E-state index contributed by atoms with van der Waals surface area (Å²) in [5, 5.41) is 3.36. The van der Waals surface area contributed by atoms with Gasteiger partial charge in [-0.15, -0.1) is 0 Å². The molecule has 0 atom stereocenters. The molecule has 1 aromatic rings. The molecule has 0 aliphatic carbocycles. The van der Waals surface area contributed by atoms with Gasteiger partial charge < -0.3 is 15.0 Å². The molecule has 1 rings (SSSR count). The zero-order valence-corrected chi connectivity index (χ0v) is 15.0. The maximum absolute atomic E-state index is 12.0. The Morgan fingerprint density at radius 2 is 2.00 bits per heavy atom. The molecule has 0 bridgehead atoms. The molecule has 4 nitrogen and oxygen atoms in total. The van der Waals surface area contributed by atoms with E-state index in [4.69, 9.17) is 4.74 Å². The number of benzene rings is 1. The summed E-state index contributed by atoms with van der Waals surface area (Å²) in [5.74, 6) is 0.729. The standard InChI is InChI=1S/C16H25BrN2O2/c1-11(2)18-9-13-8-14(17)6-7-15(13)21-10-16(20)19(5)12(3)4/h6-8,11-12,18H,9-10H2,1-5H3. The second-order valence-electron chi connectivity index (χ2n) is 5.67. The van der Waals surface area contributed by atoms with Crippen molar-refractivity contribution in [3.8, 4) is 5.75 Å². The molecule has 0 fully saturated rings. The van der Waals surface area contributed by atoms with E-state index in [1.54, 1.807) is 11.9 Å². The molecule has 0 saturated carbocycles. The lowest BCUT2D eigenvalue weighted by atomic mass is 10.2. The number of amides is 1. The van der Waals surface area contributed by atoms with Gasteiger partial charge in [-0.1, -0.05) is 29.8 Å². The zero-order valence-electron chi connectivity index (χ0n) is 13.4. The number of ether oxygens (including phenoxy) is 1. The fourth-order valence-corrected chi connectivity index (χ4v) is 2.08. The lowest BCUT2D eigenvalue weighted by Crippen LogP contribution is -2.36. The highest BCUT2D eigenvalue weighted by Crippen LogP contribution is 2.23. The molecule has 0 radical (unpaired) electrons. The predicted octanol–water partition coefficient (Wildman–Crippen LogP) is 3.19. The van der Waals surface area contributed by atoms with Crippen LogP contribution < -0.4 is 10.1 Å². The Kier molecular flexibility index (Phi) is 7.18. The average molecular weight is 357 g/mol. The minimum Gasteiger partial charge on any atom is -0.483 e. The molecule has 5 heteroatoms. The third-order valence-electron chi connectivity index (χ3n) is 3.24.